The van der Waals surface area contributed by atoms with Crippen molar-refractivity contribution in [3.63, 3.8) is 0 Å². The van der Waals surface area contributed by atoms with Crippen LogP contribution in [-0.4, -0.2) is 41.4 Å². The normalized spacial score (nSPS) is 20.1. The number of amides is 2. The Morgan fingerprint density at radius 2 is 2.28 bits per heavy atom. The third-order valence-electron chi connectivity index (χ3n) is 2.81. The number of carbonyl (C=O) groups excluding carboxylic acids is 2. The van der Waals surface area contributed by atoms with E-state index in [9.17, 15) is 9.59 Å². The minimum atomic E-state index is -0.340. The highest BCUT2D eigenvalue weighted by Gasteiger charge is 2.31. The number of rotatable bonds is 3. The minimum absolute atomic E-state index is 0.177. The maximum atomic E-state index is 11.9. The fourth-order valence-corrected chi connectivity index (χ4v) is 1.77. The van der Waals surface area contributed by atoms with Crippen molar-refractivity contribution in [2.75, 3.05) is 13.7 Å². The van der Waals surface area contributed by atoms with E-state index in [4.69, 9.17) is 4.74 Å². The molecule has 18 heavy (non-hydrogen) atoms. The molecule has 96 valence electrons. The van der Waals surface area contributed by atoms with Crippen molar-refractivity contribution in [1.29, 1.82) is 0 Å². The van der Waals surface area contributed by atoms with Crippen molar-refractivity contribution in [1.82, 2.24) is 15.2 Å². The zero-order valence-electron chi connectivity index (χ0n) is 10.3. The molecular weight excluding hydrogens is 234 g/mol. The van der Waals surface area contributed by atoms with Crippen LogP contribution in [0.5, 0.6) is 5.88 Å². The third kappa shape index (κ3) is 2.48. The third-order valence-corrected chi connectivity index (χ3v) is 2.81. The van der Waals surface area contributed by atoms with Gasteiger partial charge in [0.1, 0.15) is 0 Å². The lowest BCUT2D eigenvalue weighted by atomic mass is 10.2. The van der Waals surface area contributed by atoms with Crippen LogP contribution >= 0.6 is 0 Å². The second-order valence-corrected chi connectivity index (χ2v) is 4.09. The van der Waals surface area contributed by atoms with Crippen LogP contribution in [0.25, 0.3) is 0 Å². The molecule has 1 unspecified atom stereocenters. The van der Waals surface area contributed by atoms with Gasteiger partial charge in [-0.3, -0.25) is 19.8 Å². The summed E-state index contributed by atoms with van der Waals surface area (Å²) < 4.78 is 5.01. The summed E-state index contributed by atoms with van der Waals surface area (Å²) >= 11 is 0. The minimum Gasteiger partial charge on any atom is -0.481 e. The Morgan fingerprint density at radius 1 is 1.50 bits per heavy atom. The molecule has 1 aliphatic heterocycles. The van der Waals surface area contributed by atoms with E-state index in [1.54, 1.807) is 25.1 Å². The van der Waals surface area contributed by atoms with Gasteiger partial charge >= 0.3 is 0 Å². The smallest absolute Gasteiger partial charge is 0.246 e. The Labute approximate surface area is 105 Å². The Balaban J connectivity index is 2.16. The van der Waals surface area contributed by atoms with E-state index in [0.717, 1.165) is 0 Å². The van der Waals surface area contributed by atoms with Crippen molar-refractivity contribution in [3.8, 4) is 5.88 Å². The van der Waals surface area contributed by atoms with Gasteiger partial charge in [0.2, 0.25) is 17.7 Å². The van der Waals surface area contributed by atoms with Gasteiger partial charge < -0.3 is 4.74 Å². The second kappa shape index (κ2) is 5.14. The Kier molecular flexibility index (Phi) is 3.57. The van der Waals surface area contributed by atoms with Gasteiger partial charge in [-0.2, -0.15) is 0 Å². The summed E-state index contributed by atoms with van der Waals surface area (Å²) in [6, 6.07) is 4.92. The molecule has 1 fully saturated rings. The lowest BCUT2D eigenvalue weighted by Crippen LogP contribution is -2.56. The number of nitrogens with zero attached hydrogens (tertiary/aromatic N) is 2. The largest absolute Gasteiger partial charge is 0.481 e. The standard InChI is InChI=1S/C12H15N3O3/c1-8-12(17)15(11(16)6-13-8)7-9-4-3-5-10(14-9)18-2/h3-5,8,13H,6-7H2,1-2H3. The highest BCUT2D eigenvalue weighted by molar-refractivity contribution is 6.00. The number of methoxy groups -OCH3 is 1. The van der Waals surface area contributed by atoms with Gasteiger partial charge in [-0.25, -0.2) is 4.98 Å². The number of hydrogen-bond acceptors (Lipinski definition) is 5. The van der Waals surface area contributed by atoms with Crippen LogP contribution in [-0.2, 0) is 16.1 Å². The zero-order chi connectivity index (χ0) is 13.1. The fraction of sp³-hybridized carbons (Fsp3) is 0.417. The van der Waals surface area contributed by atoms with Gasteiger partial charge in [-0.15, -0.1) is 0 Å². The number of aromatic nitrogens is 1. The first-order valence-electron chi connectivity index (χ1n) is 5.69. The summed E-state index contributed by atoms with van der Waals surface area (Å²) in [5.74, 6) is 0.00849. The number of hydrogen-bond donors (Lipinski definition) is 1. The molecule has 0 saturated carbocycles. The topological polar surface area (TPSA) is 71.5 Å². The Morgan fingerprint density at radius 3 is 3.00 bits per heavy atom. The first kappa shape index (κ1) is 12.5. The summed E-state index contributed by atoms with van der Waals surface area (Å²) in [7, 11) is 1.52. The highest BCUT2D eigenvalue weighted by Crippen LogP contribution is 2.11. The summed E-state index contributed by atoms with van der Waals surface area (Å²) in [6.07, 6.45) is 0. The van der Waals surface area contributed by atoms with Crippen LogP contribution in [0.15, 0.2) is 18.2 Å². The number of nitrogens with one attached hydrogen (secondary N) is 1. The molecule has 2 rings (SSSR count). The second-order valence-electron chi connectivity index (χ2n) is 4.09. The number of piperazine rings is 1. The molecule has 2 amide bonds. The molecule has 6 heteroatoms. The van der Waals surface area contributed by atoms with Crippen molar-refractivity contribution < 1.29 is 14.3 Å². The molecule has 0 radical (unpaired) electrons. The molecule has 2 heterocycles. The van der Waals surface area contributed by atoms with E-state index >= 15 is 0 Å². The summed E-state index contributed by atoms with van der Waals surface area (Å²) in [4.78, 5) is 29.0. The molecule has 1 atom stereocenters. The average Bonchev–Trinajstić information content (AvgIpc) is 2.39. The van der Waals surface area contributed by atoms with E-state index in [1.807, 2.05) is 0 Å². The van der Waals surface area contributed by atoms with E-state index in [1.165, 1.54) is 12.0 Å². The first-order valence-corrected chi connectivity index (χ1v) is 5.69. The maximum Gasteiger partial charge on any atom is 0.246 e. The molecule has 0 aliphatic carbocycles. The predicted octanol–water partition coefficient (Wildman–Crippen LogP) is -0.0629. The lowest BCUT2D eigenvalue weighted by molar-refractivity contribution is -0.149. The molecule has 1 N–H and O–H groups in total. The van der Waals surface area contributed by atoms with E-state index in [2.05, 4.69) is 10.3 Å². The molecule has 0 aromatic carbocycles. The van der Waals surface area contributed by atoms with Crippen molar-refractivity contribution in [2.45, 2.75) is 19.5 Å². The summed E-state index contributed by atoms with van der Waals surface area (Å²) in [5.41, 5.74) is 0.630. The van der Waals surface area contributed by atoms with E-state index < -0.39 is 0 Å². The van der Waals surface area contributed by atoms with Gasteiger partial charge in [-0.1, -0.05) is 6.07 Å². The van der Waals surface area contributed by atoms with Crippen LogP contribution in [0.1, 0.15) is 12.6 Å². The molecule has 1 aromatic heterocycles. The van der Waals surface area contributed by atoms with Gasteiger partial charge in [0.25, 0.3) is 0 Å². The average molecular weight is 249 g/mol. The zero-order valence-corrected chi connectivity index (χ0v) is 10.3. The van der Waals surface area contributed by atoms with Crippen LogP contribution in [0.4, 0.5) is 0 Å². The van der Waals surface area contributed by atoms with Crippen molar-refractivity contribution >= 4 is 11.8 Å². The number of pyridine rings is 1. The molecule has 0 spiro atoms. The SMILES string of the molecule is COc1cccc(CN2C(=O)CNC(C)C2=O)n1. The summed E-state index contributed by atoms with van der Waals surface area (Å²) in [6.45, 7) is 2.10. The van der Waals surface area contributed by atoms with Crippen LogP contribution in [0.2, 0.25) is 0 Å². The molecule has 1 aromatic rings. The van der Waals surface area contributed by atoms with E-state index in [0.29, 0.717) is 11.6 Å². The van der Waals surface area contributed by atoms with Gasteiger partial charge in [0.15, 0.2) is 0 Å². The molecule has 0 bridgehead atoms. The van der Waals surface area contributed by atoms with Crippen molar-refractivity contribution in [3.05, 3.63) is 23.9 Å². The Bertz CT molecular complexity index is 475. The lowest BCUT2D eigenvalue weighted by Gasteiger charge is -2.29. The van der Waals surface area contributed by atoms with E-state index in [-0.39, 0.29) is 30.9 Å². The molecule has 1 saturated heterocycles. The number of imide groups is 1. The predicted molar refractivity (Wildman–Crippen MR) is 63.8 cm³/mol. The van der Waals surface area contributed by atoms with Crippen molar-refractivity contribution in [2.24, 2.45) is 0 Å². The monoisotopic (exact) mass is 249 g/mol. The van der Waals surface area contributed by atoms with Crippen LogP contribution in [0, 0.1) is 0 Å². The molecule has 1 aliphatic rings. The number of ether oxygens (including phenoxy) is 1. The molecule has 6 nitrogen and oxygen atoms in total. The van der Waals surface area contributed by atoms with Gasteiger partial charge in [0.05, 0.1) is 31.9 Å². The highest BCUT2D eigenvalue weighted by atomic mass is 16.5. The van der Waals surface area contributed by atoms with Crippen LogP contribution < -0.4 is 10.1 Å². The first-order chi connectivity index (χ1) is 8.61. The van der Waals surface area contributed by atoms with Crippen LogP contribution in [0.3, 0.4) is 0 Å². The quantitative estimate of drug-likeness (QED) is 0.760. The Hall–Kier alpha value is -1.95. The summed E-state index contributed by atoms with van der Waals surface area (Å²) in [5, 5.41) is 2.83. The number of carbonyl (C=O) groups is 2. The maximum absolute atomic E-state index is 11.9. The van der Waals surface area contributed by atoms with Gasteiger partial charge in [0, 0.05) is 6.07 Å². The van der Waals surface area contributed by atoms with Gasteiger partial charge in [-0.05, 0) is 13.0 Å². The fourth-order valence-electron chi connectivity index (χ4n) is 1.77. The molecular formula is C12H15N3O3.